The topological polar surface area (TPSA) is 63.4 Å². The lowest BCUT2D eigenvalue weighted by Crippen LogP contribution is -2.36. The maximum atomic E-state index is 14.4. The monoisotopic (exact) mass is 374 g/mol. The van der Waals surface area contributed by atoms with E-state index in [0.29, 0.717) is 17.7 Å². The summed E-state index contributed by atoms with van der Waals surface area (Å²) in [5.74, 6) is -0.371. The molecular weight excluding hydrogens is 351 g/mol. The molecule has 0 aromatic heterocycles. The number of hydrogen-bond donors (Lipinski definition) is 1. The van der Waals surface area contributed by atoms with Gasteiger partial charge in [0.05, 0.1) is 11.3 Å². The first-order valence-electron chi connectivity index (χ1n) is 8.59. The summed E-state index contributed by atoms with van der Waals surface area (Å²) in [6, 6.07) is 13.7. The lowest BCUT2D eigenvalue weighted by atomic mass is 10.0. The van der Waals surface area contributed by atoms with Crippen molar-refractivity contribution in [2.75, 3.05) is 6.54 Å². The molecule has 1 unspecified atom stereocenters. The van der Waals surface area contributed by atoms with Gasteiger partial charge in [0.1, 0.15) is 5.82 Å². The Morgan fingerprint density at radius 1 is 1.19 bits per heavy atom. The highest BCUT2D eigenvalue weighted by molar-refractivity contribution is 7.89. The molecule has 1 aliphatic heterocycles. The zero-order valence-corrected chi connectivity index (χ0v) is 15.7. The van der Waals surface area contributed by atoms with E-state index in [4.69, 9.17) is 5.73 Å². The number of nitrogens with two attached hydrogens (primary N) is 1. The molecule has 2 aromatic rings. The Balaban J connectivity index is 2.09. The van der Waals surface area contributed by atoms with Crippen LogP contribution < -0.4 is 5.73 Å². The smallest absolute Gasteiger partial charge is 0.217 e. The third kappa shape index (κ3) is 3.45. The van der Waals surface area contributed by atoms with Crippen molar-refractivity contribution in [3.63, 3.8) is 0 Å². The number of nitrogens with zero attached hydrogens (tertiary/aromatic N) is 1. The lowest BCUT2D eigenvalue weighted by Gasteiger charge is -2.26. The second-order valence-electron chi connectivity index (χ2n) is 6.70. The van der Waals surface area contributed by atoms with Crippen molar-refractivity contribution in [1.29, 1.82) is 0 Å². The molecule has 1 heterocycles. The van der Waals surface area contributed by atoms with Crippen molar-refractivity contribution < 1.29 is 12.8 Å². The number of hydrogen-bond acceptors (Lipinski definition) is 3. The molecule has 0 saturated carbocycles. The van der Waals surface area contributed by atoms with E-state index in [1.54, 1.807) is 26.0 Å². The van der Waals surface area contributed by atoms with Crippen LogP contribution in [0.15, 0.2) is 54.6 Å². The molecule has 0 aliphatic carbocycles. The largest absolute Gasteiger partial charge is 0.326 e. The molecule has 0 amide bonds. The van der Waals surface area contributed by atoms with Gasteiger partial charge >= 0.3 is 0 Å². The number of halogens is 1. The Morgan fingerprint density at radius 2 is 1.88 bits per heavy atom. The molecule has 138 valence electrons. The molecule has 3 rings (SSSR count). The minimum absolute atomic E-state index is 0.144. The van der Waals surface area contributed by atoms with Crippen molar-refractivity contribution in [1.82, 2.24) is 4.31 Å². The van der Waals surface area contributed by atoms with Crippen molar-refractivity contribution in [3.05, 3.63) is 77.1 Å². The molecule has 1 aliphatic rings. The summed E-state index contributed by atoms with van der Waals surface area (Å²) in [5, 5.41) is -0.554. The first kappa shape index (κ1) is 18.8. The van der Waals surface area contributed by atoms with Gasteiger partial charge in [-0.05, 0) is 42.7 Å². The summed E-state index contributed by atoms with van der Waals surface area (Å²) < 4.78 is 41.6. The van der Waals surface area contributed by atoms with Gasteiger partial charge in [0.2, 0.25) is 10.0 Å². The van der Waals surface area contributed by atoms with Gasteiger partial charge in [-0.15, -0.1) is 0 Å². The van der Waals surface area contributed by atoms with Crippen LogP contribution in [0.3, 0.4) is 0 Å². The molecule has 2 N–H and O–H groups in total. The van der Waals surface area contributed by atoms with E-state index in [2.05, 4.69) is 0 Å². The molecule has 0 bridgehead atoms. The highest BCUT2D eigenvalue weighted by atomic mass is 32.2. The fourth-order valence-electron chi connectivity index (χ4n) is 3.14. The fraction of sp³-hybridized carbons (Fsp3) is 0.300. The standard InChI is InChI=1S/C20H23FN2O2S/c1-14(2)26(24,25)23-13-17(11-20(23)16-6-4-3-5-7-16)18-10-15(12-22)8-9-19(18)21/h3-11,14,20H,12-13,22H2,1-2H3. The highest BCUT2D eigenvalue weighted by Crippen LogP contribution is 2.38. The summed E-state index contributed by atoms with van der Waals surface area (Å²) >= 11 is 0. The normalized spacial score (nSPS) is 18.3. The van der Waals surface area contributed by atoms with Gasteiger partial charge in [-0.2, -0.15) is 4.31 Å². The van der Waals surface area contributed by atoms with Gasteiger partial charge in [-0.1, -0.05) is 42.5 Å². The maximum Gasteiger partial charge on any atom is 0.217 e. The molecule has 2 aromatic carbocycles. The van der Waals surface area contributed by atoms with E-state index >= 15 is 0 Å². The van der Waals surface area contributed by atoms with Crippen LogP contribution in [0.4, 0.5) is 4.39 Å². The second-order valence-corrected chi connectivity index (χ2v) is 9.15. The van der Waals surface area contributed by atoms with Gasteiger partial charge in [0.25, 0.3) is 0 Å². The SMILES string of the molecule is CC(C)S(=O)(=O)N1CC(c2cc(CN)ccc2F)=CC1c1ccccc1. The quantitative estimate of drug-likeness (QED) is 0.872. The van der Waals surface area contributed by atoms with Crippen molar-refractivity contribution in [3.8, 4) is 0 Å². The van der Waals surface area contributed by atoms with Crippen LogP contribution in [0, 0.1) is 5.82 Å². The van der Waals surface area contributed by atoms with E-state index in [1.165, 1.54) is 10.4 Å². The van der Waals surface area contributed by atoms with Crippen molar-refractivity contribution >= 4 is 15.6 Å². The lowest BCUT2D eigenvalue weighted by molar-refractivity contribution is 0.414. The van der Waals surface area contributed by atoms with Crippen molar-refractivity contribution in [2.24, 2.45) is 5.73 Å². The predicted octanol–water partition coefficient (Wildman–Crippen LogP) is 3.46. The van der Waals surface area contributed by atoms with E-state index in [9.17, 15) is 12.8 Å². The van der Waals surface area contributed by atoms with E-state index in [0.717, 1.165) is 11.1 Å². The Morgan fingerprint density at radius 3 is 2.50 bits per heavy atom. The third-order valence-corrected chi connectivity index (χ3v) is 6.87. The highest BCUT2D eigenvalue weighted by Gasteiger charge is 2.37. The molecule has 26 heavy (non-hydrogen) atoms. The minimum atomic E-state index is -3.51. The van der Waals surface area contributed by atoms with Gasteiger partial charge in [-0.3, -0.25) is 0 Å². The van der Waals surface area contributed by atoms with Gasteiger partial charge in [0, 0.05) is 18.7 Å². The van der Waals surface area contributed by atoms with Crippen LogP contribution in [-0.2, 0) is 16.6 Å². The summed E-state index contributed by atoms with van der Waals surface area (Å²) in [6.45, 7) is 3.76. The van der Waals surface area contributed by atoms with Crippen LogP contribution in [0.5, 0.6) is 0 Å². The number of rotatable bonds is 5. The fourth-order valence-corrected chi connectivity index (χ4v) is 4.50. The summed E-state index contributed by atoms with van der Waals surface area (Å²) in [5.41, 5.74) is 8.42. The predicted molar refractivity (Wildman–Crippen MR) is 102 cm³/mol. The van der Waals surface area contributed by atoms with Crippen LogP contribution in [0.1, 0.15) is 36.6 Å². The number of benzene rings is 2. The third-order valence-electron chi connectivity index (χ3n) is 4.67. The zero-order chi connectivity index (χ0) is 18.9. The molecule has 6 heteroatoms. The van der Waals surface area contributed by atoms with Gasteiger partial charge < -0.3 is 5.73 Å². The molecule has 0 spiro atoms. The summed E-state index contributed by atoms with van der Waals surface area (Å²) in [6.07, 6.45) is 1.84. The van der Waals surface area contributed by atoms with Gasteiger partial charge in [0.15, 0.2) is 0 Å². The summed E-state index contributed by atoms with van der Waals surface area (Å²) in [4.78, 5) is 0. The first-order valence-corrected chi connectivity index (χ1v) is 10.1. The van der Waals surface area contributed by atoms with E-state index in [-0.39, 0.29) is 12.4 Å². The average Bonchev–Trinajstić information content (AvgIpc) is 3.08. The Hall–Kier alpha value is -2.02. The Bertz CT molecular complexity index is 924. The van der Waals surface area contributed by atoms with Crippen LogP contribution in [0.25, 0.3) is 5.57 Å². The summed E-state index contributed by atoms with van der Waals surface area (Å²) in [7, 11) is -3.51. The minimum Gasteiger partial charge on any atom is -0.326 e. The Labute approximate surface area is 154 Å². The molecule has 1 atom stereocenters. The van der Waals surface area contributed by atoms with E-state index < -0.39 is 21.3 Å². The molecule has 0 radical (unpaired) electrons. The first-order chi connectivity index (χ1) is 12.3. The molecular formula is C20H23FN2O2S. The van der Waals surface area contributed by atoms with Crippen LogP contribution in [0.2, 0.25) is 0 Å². The molecule has 4 nitrogen and oxygen atoms in total. The molecule has 0 saturated heterocycles. The van der Waals surface area contributed by atoms with Crippen LogP contribution in [-0.4, -0.2) is 24.5 Å². The van der Waals surface area contributed by atoms with Crippen molar-refractivity contribution in [2.45, 2.75) is 31.7 Å². The van der Waals surface area contributed by atoms with E-state index in [1.807, 2.05) is 36.4 Å². The number of sulfonamides is 1. The maximum absolute atomic E-state index is 14.4. The van der Waals surface area contributed by atoms with Gasteiger partial charge in [-0.25, -0.2) is 12.8 Å². The zero-order valence-electron chi connectivity index (χ0n) is 14.9. The second kappa shape index (κ2) is 7.31. The van der Waals surface area contributed by atoms with Crippen LogP contribution >= 0.6 is 0 Å². The molecule has 0 fully saturated rings. The average molecular weight is 374 g/mol. The Kier molecular flexibility index (Phi) is 5.27.